The molecule has 0 aliphatic carbocycles. The molecule has 1 saturated heterocycles. The van der Waals surface area contributed by atoms with Crippen molar-refractivity contribution >= 4 is 28.5 Å². The van der Waals surface area contributed by atoms with Crippen LogP contribution in [0.25, 0.3) is 0 Å². The molecule has 6 heteroatoms. The number of hydrogen-bond donors (Lipinski definition) is 1. The molecule has 0 radical (unpaired) electrons. The van der Waals surface area contributed by atoms with Gasteiger partial charge in [0.1, 0.15) is 5.69 Å². The van der Waals surface area contributed by atoms with Gasteiger partial charge in [0.2, 0.25) is 0 Å². The summed E-state index contributed by atoms with van der Waals surface area (Å²) in [6, 6.07) is 8.48. The number of carbonyl (C=O) groups is 1. The third-order valence-corrected chi connectivity index (χ3v) is 4.94. The first kappa shape index (κ1) is 15.5. The van der Waals surface area contributed by atoms with Gasteiger partial charge in [0.05, 0.1) is 9.77 Å². The maximum absolute atomic E-state index is 12.4. The van der Waals surface area contributed by atoms with Crippen LogP contribution >= 0.6 is 22.6 Å². The number of benzene rings is 1. The van der Waals surface area contributed by atoms with E-state index in [1.165, 1.54) is 11.1 Å². The fourth-order valence-electron chi connectivity index (χ4n) is 2.72. The van der Waals surface area contributed by atoms with Gasteiger partial charge in [-0.3, -0.25) is 14.8 Å². The highest BCUT2D eigenvalue weighted by Crippen LogP contribution is 2.15. The van der Waals surface area contributed by atoms with Crippen LogP contribution in [0.15, 0.2) is 30.5 Å². The Balaban J connectivity index is 1.58. The highest BCUT2D eigenvalue weighted by Gasteiger charge is 2.24. The zero-order valence-electron chi connectivity index (χ0n) is 12.6. The van der Waals surface area contributed by atoms with Gasteiger partial charge in [-0.05, 0) is 40.6 Å². The van der Waals surface area contributed by atoms with Gasteiger partial charge in [-0.25, -0.2) is 0 Å². The van der Waals surface area contributed by atoms with Gasteiger partial charge in [0.15, 0.2) is 0 Å². The molecule has 0 saturated carbocycles. The second kappa shape index (κ2) is 6.78. The number of H-pyrrole nitrogens is 1. The molecule has 2 heterocycles. The van der Waals surface area contributed by atoms with Crippen molar-refractivity contribution in [2.24, 2.45) is 0 Å². The smallest absolute Gasteiger partial charge is 0.273 e. The molecule has 0 bridgehead atoms. The summed E-state index contributed by atoms with van der Waals surface area (Å²) in [7, 11) is 0. The number of nitrogens with zero attached hydrogens (tertiary/aromatic N) is 3. The number of amides is 1. The van der Waals surface area contributed by atoms with Crippen LogP contribution < -0.4 is 0 Å². The van der Waals surface area contributed by atoms with Gasteiger partial charge in [-0.1, -0.05) is 24.3 Å². The standard InChI is InChI=1S/C16H19IN4O/c1-12-4-2-3-5-13(12)11-20-6-8-21(9-7-20)16(22)15-14(17)10-18-19-15/h2-5,10H,6-9,11H2,1H3,(H,18,19). The molecule has 1 fully saturated rings. The molecule has 1 aliphatic rings. The average Bonchev–Trinajstić information content (AvgIpc) is 2.96. The highest BCUT2D eigenvalue weighted by molar-refractivity contribution is 14.1. The van der Waals surface area contributed by atoms with E-state index in [1.807, 2.05) is 4.90 Å². The van der Waals surface area contributed by atoms with Gasteiger partial charge in [-0.2, -0.15) is 5.10 Å². The van der Waals surface area contributed by atoms with Crippen molar-refractivity contribution < 1.29 is 4.79 Å². The Morgan fingerprint density at radius 1 is 1.27 bits per heavy atom. The number of aromatic amines is 1. The van der Waals surface area contributed by atoms with Crippen molar-refractivity contribution in [1.29, 1.82) is 0 Å². The van der Waals surface area contributed by atoms with E-state index in [0.29, 0.717) is 5.69 Å². The van der Waals surface area contributed by atoms with Crippen LogP contribution in [0, 0.1) is 10.5 Å². The van der Waals surface area contributed by atoms with Crippen molar-refractivity contribution in [3.8, 4) is 0 Å². The summed E-state index contributed by atoms with van der Waals surface area (Å²) in [5.41, 5.74) is 3.30. The summed E-state index contributed by atoms with van der Waals surface area (Å²) in [6.07, 6.45) is 1.68. The Bertz CT molecular complexity index is 662. The van der Waals surface area contributed by atoms with E-state index in [9.17, 15) is 4.79 Å². The van der Waals surface area contributed by atoms with E-state index in [1.54, 1.807) is 6.20 Å². The molecule has 1 N–H and O–H groups in total. The highest BCUT2D eigenvalue weighted by atomic mass is 127. The second-order valence-electron chi connectivity index (χ2n) is 5.59. The summed E-state index contributed by atoms with van der Waals surface area (Å²) in [4.78, 5) is 16.7. The number of hydrogen-bond acceptors (Lipinski definition) is 3. The van der Waals surface area contributed by atoms with Crippen LogP contribution in [0.3, 0.4) is 0 Å². The summed E-state index contributed by atoms with van der Waals surface area (Å²) in [6.45, 7) is 6.45. The zero-order valence-corrected chi connectivity index (χ0v) is 14.7. The fraction of sp³-hybridized carbons (Fsp3) is 0.375. The monoisotopic (exact) mass is 410 g/mol. The van der Waals surface area contributed by atoms with Gasteiger partial charge >= 0.3 is 0 Å². The Morgan fingerprint density at radius 2 is 2.00 bits per heavy atom. The molecule has 1 aromatic heterocycles. The number of aryl methyl sites for hydroxylation is 1. The van der Waals surface area contributed by atoms with Crippen molar-refractivity contribution in [3.05, 3.63) is 50.9 Å². The van der Waals surface area contributed by atoms with E-state index < -0.39 is 0 Å². The summed E-state index contributed by atoms with van der Waals surface area (Å²) in [5, 5.41) is 6.73. The van der Waals surface area contributed by atoms with Gasteiger partial charge < -0.3 is 4.90 Å². The van der Waals surface area contributed by atoms with E-state index in [4.69, 9.17) is 0 Å². The average molecular weight is 410 g/mol. The van der Waals surface area contributed by atoms with E-state index in [-0.39, 0.29) is 5.91 Å². The third-order valence-electron chi connectivity index (χ3n) is 4.12. The molecule has 3 rings (SSSR count). The lowest BCUT2D eigenvalue weighted by Crippen LogP contribution is -2.48. The first-order valence-corrected chi connectivity index (χ1v) is 8.48. The number of halogens is 1. The predicted molar refractivity (Wildman–Crippen MR) is 93.7 cm³/mol. The van der Waals surface area contributed by atoms with Crippen molar-refractivity contribution in [2.75, 3.05) is 26.2 Å². The van der Waals surface area contributed by atoms with Crippen LogP contribution in [0.2, 0.25) is 0 Å². The Kier molecular flexibility index (Phi) is 4.77. The molecule has 0 spiro atoms. The van der Waals surface area contributed by atoms with E-state index >= 15 is 0 Å². The number of carbonyl (C=O) groups excluding carboxylic acids is 1. The second-order valence-corrected chi connectivity index (χ2v) is 6.75. The lowest BCUT2D eigenvalue weighted by Gasteiger charge is -2.34. The molecule has 22 heavy (non-hydrogen) atoms. The first-order chi connectivity index (χ1) is 10.6. The Morgan fingerprint density at radius 3 is 2.64 bits per heavy atom. The molecule has 1 amide bonds. The molecular formula is C16H19IN4O. The quantitative estimate of drug-likeness (QED) is 0.791. The van der Waals surface area contributed by atoms with Crippen LogP contribution in [0.5, 0.6) is 0 Å². The van der Waals surface area contributed by atoms with Crippen molar-refractivity contribution in [3.63, 3.8) is 0 Å². The topological polar surface area (TPSA) is 52.2 Å². The van der Waals surface area contributed by atoms with Crippen LogP contribution in [0.1, 0.15) is 21.6 Å². The lowest BCUT2D eigenvalue weighted by atomic mass is 10.1. The largest absolute Gasteiger partial charge is 0.335 e. The number of rotatable bonds is 3. The maximum Gasteiger partial charge on any atom is 0.273 e. The third kappa shape index (κ3) is 3.33. The van der Waals surface area contributed by atoms with Crippen molar-refractivity contribution in [2.45, 2.75) is 13.5 Å². The van der Waals surface area contributed by atoms with Gasteiger partial charge in [-0.15, -0.1) is 0 Å². The molecule has 1 aromatic carbocycles. The fourth-order valence-corrected chi connectivity index (χ4v) is 3.21. The normalized spacial score (nSPS) is 16.0. The minimum Gasteiger partial charge on any atom is -0.335 e. The summed E-state index contributed by atoms with van der Waals surface area (Å²) < 4.78 is 0.880. The van der Waals surface area contributed by atoms with Crippen LogP contribution in [-0.2, 0) is 6.54 Å². The molecular weight excluding hydrogens is 391 g/mol. The minimum absolute atomic E-state index is 0.0532. The van der Waals surface area contributed by atoms with Crippen LogP contribution in [-0.4, -0.2) is 52.1 Å². The molecule has 116 valence electrons. The van der Waals surface area contributed by atoms with Gasteiger partial charge in [0.25, 0.3) is 5.91 Å². The molecule has 1 aliphatic heterocycles. The molecule has 2 aromatic rings. The SMILES string of the molecule is Cc1ccccc1CN1CCN(C(=O)c2[nH]ncc2I)CC1. The van der Waals surface area contributed by atoms with Crippen molar-refractivity contribution in [1.82, 2.24) is 20.0 Å². The number of nitrogens with one attached hydrogen (secondary N) is 1. The van der Waals surface area contributed by atoms with E-state index in [2.05, 4.69) is 68.9 Å². The summed E-state index contributed by atoms with van der Waals surface area (Å²) in [5.74, 6) is 0.0532. The first-order valence-electron chi connectivity index (χ1n) is 7.40. The Labute approximate surface area is 143 Å². The predicted octanol–water partition coefficient (Wildman–Crippen LogP) is 2.28. The Hall–Kier alpha value is -1.41. The lowest BCUT2D eigenvalue weighted by molar-refractivity contribution is 0.0621. The molecule has 0 unspecified atom stereocenters. The summed E-state index contributed by atoms with van der Waals surface area (Å²) >= 11 is 2.14. The number of aromatic nitrogens is 2. The van der Waals surface area contributed by atoms with Crippen LogP contribution in [0.4, 0.5) is 0 Å². The van der Waals surface area contributed by atoms with Gasteiger partial charge in [0, 0.05) is 32.7 Å². The van der Waals surface area contributed by atoms with E-state index in [0.717, 1.165) is 36.3 Å². The zero-order chi connectivity index (χ0) is 15.5. The molecule has 0 atom stereocenters. The molecule has 5 nitrogen and oxygen atoms in total. The maximum atomic E-state index is 12.4. The minimum atomic E-state index is 0.0532. The number of piperazine rings is 1.